The van der Waals surface area contributed by atoms with Gasteiger partial charge in [-0.1, -0.05) is 48.5 Å². The molecule has 0 bridgehead atoms. The lowest BCUT2D eigenvalue weighted by Gasteiger charge is -2.09. The van der Waals surface area contributed by atoms with Crippen molar-refractivity contribution in [1.82, 2.24) is 9.97 Å². The van der Waals surface area contributed by atoms with E-state index in [0.29, 0.717) is 18.2 Å². The summed E-state index contributed by atoms with van der Waals surface area (Å²) < 4.78 is 5.51. The lowest BCUT2D eigenvalue weighted by molar-refractivity contribution is 0.305. The summed E-state index contributed by atoms with van der Waals surface area (Å²) in [4.78, 5) is 8.31. The molecule has 1 heterocycles. The average Bonchev–Trinajstić information content (AvgIpc) is 2.45. The Morgan fingerprint density at radius 1 is 1.30 bits per heavy atom. The highest BCUT2D eigenvalue weighted by molar-refractivity contribution is 7.98. The summed E-state index contributed by atoms with van der Waals surface area (Å²) in [6.07, 6.45) is 2.43. The molecule has 20 heavy (non-hydrogen) atoms. The summed E-state index contributed by atoms with van der Waals surface area (Å²) in [5.74, 6) is 1.31. The summed E-state index contributed by atoms with van der Waals surface area (Å²) in [6, 6.07) is 8.42. The lowest BCUT2D eigenvalue weighted by atomic mass is 10.2. The van der Waals surface area contributed by atoms with Crippen LogP contribution in [0.15, 0.2) is 35.6 Å². The first kappa shape index (κ1) is 14.7. The standard InChI is InChI=1S/C15H19N3OS/c1-3-7-19-14-13(16)15(18-10-17-14)20-9-12-6-4-5-11(2)8-12/h4-6,8,10H,3,7,9,16H2,1-2H3. The van der Waals surface area contributed by atoms with E-state index in [4.69, 9.17) is 10.5 Å². The molecule has 0 saturated carbocycles. The van der Waals surface area contributed by atoms with Gasteiger partial charge in [0, 0.05) is 5.75 Å². The fourth-order valence-electron chi connectivity index (χ4n) is 1.75. The van der Waals surface area contributed by atoms with Crippen LogP contribution in [0.25, 0.3) is 0 Å². The van der Waals surface area contributed by atoms with E-state index < -0.39 is 0 Å². The Morgan fingerprint density at radius 3 is 2.90 bits per heavy atom. The Hall–Kier alpha value is -1.75. The molecule has 0 spiro atoms. The fraction of sp³-hybridized carbons (Fsp3) is 0.333. The van der Waals surface area contributed by atoms with E-state index in [-0.39, 0.29) is 0 Å². The molecule has 2 aromatic rings. The van der Waals surface area contributed by atoms with Crippen LogP contribution in [0.1, 0.15) is 24.5 Å². The molecule has 4 nitrogen and oxygen atoms in total. The van der Waals surface area contributed by atoms with Gasteiger partial charge in [0.2, 0.25) is 5.88 Å². The largest absolute Gasteiger partial charge is 0.476 e. The van der Waals surface area contributed by atoms with Gasteiger partial charge in [-0.15, -0.1) is 0 Å². The zero-order valence-electron chi connectivity index (χ0n) is 11.8. The molecule has 2 rings (SSSR count). The van der Waals surface area contributed by atoms with Crippen LogP contribution in [0.5, 0.6) is 5.88 Å². The molecule has 1 aromatic carbocycles. The highest BCUT2D eigenvalue weighted by Gasteiger charge is 2.09. The van der Waals surface area contributed by atoms with Crippen molar-refractivity contribution in [3.8, 4) is 5.88 Å². The van der Waals surface area contributed by atoms with E-state index in [0.717, 1.165) is 17.2 Å². The van der Waals surface area contributed by atoms with E-state index in [1.54, 1.807) is 11.8 Å². The van der Waals surface area contributed by atoms with Crippen molar-refractivity contribution < 1.29 is 4.74 Å². The SMILES string of the molecule is CCCOc1ncnc(SCc2cccc(C)c2)c1N. The summed E-state index contributed by atoms with van der Waals surface area (Å²) >= 11 is 1.60. The van der Waals surface area contributed by atoms with Gasteiger partial charge in [-0.05, 0) is 18.9 Å². The molecule has 2 N–H and O–H groups in total. The van der Waals surface area contributed by atoms with Gasteiger partial charge in [0.25, 0.3) is 0 Å². The average molecular weight is 289 g/mol. The van der Waals surface area contributed by atoms with E-state index in [2.05, 4.69) is 41.2 Å². The van der Waals surface area contributed by atoms with Gasteiger partial charge in [0.15, 0.2) is 0 Å². The van der Waals surface area contributed by atoms with Crippen LogP contribution in [0, 0.1) is 6.92 Å². The number of nitrogens with two attached hydrogens (primary N) is 1. The van der Waals surface area contributed by atoms with Crippen molar-refractivity contribution in [2.24, 2.45) is 0 Å². The monoisotopic (exact) mass is 289 g/mol. The summed E-state index contributed by atoms with van der Waals surface area (Å²) in [5.41, 5.74) is 9.08. The van der Waals surface area contributed by atoms with E-state index in [1.165, 1.54) is 17.5 Å². The Balaban J connectivity index is 2.06. The van der Waals surface area contributed by atoms with Gasteiger partial charge in [-0.2, -0.15) is 4.98 Å². The third kappa shape index (κ3) is 3.87. The molecule has 0 aliphatic carbocycles. The van der Waals surface area contributed by atoms with Crippen molar-refractivity contribution in [2.75, 3.05) is 12.3 Å². The topological polar surface area (TPSA) is 61.0 Å². The number of nitrogen functional groups attached to an aromatic ring is 1. The van der Waals surface area contributed by atoms with Gasteiger partial charge < -0.3 is 10.5 Å². The Labute approximate surface area is 123 Å². The van der Waals surface area contributed by atoms with E-state index in [1.807, 2.05) is 6.92 Å². The summed E-state index contributed by atoms with van der Waals surface area (Å²) in [6.45, 7) is 4.75. The zero-order chi connectivity index (χ0) is 14.4. The highest BCUT2D eigenvalue weighted by atomic mass is 32.2. The number of hydrogen-bond donors (Lipinski definition) is 1. The van der Waals surface area contributed by atoms with Crippen LogP contribution in [-0.4, -0.2) is 16.6 Å². The minimum absolute atomic E-state index is 0.480. The van der Waals surface area contributed by atoms with Crippen molar-refractivity contribution >= 4 is 17.4 Å². The molecular weight excluding hydrogens is 270 g/mol. The maximum Gasteiger partial charge on any atom is 0.241 e. The molecule has 106 valence electrons. The molecule has 0 amide bonds. The molecule has 0 atom stereocenters. The summed E-state index contributed by atoms with van der Waals surface area (Å²) in [7, 11) is 0. The van der Waals surface area contributed by atoms with Gasteiger partial charge >= 0.3 is 0 Å². The molecule has 1 aromatic heterocycles. The maximum atomic E-state index is 6.05. The number of aromatic nitrogens is 2. The summed E-state index contributed by atoms with van der Waals surface area (Å²) in [5, 5.41) is 0.771. The van der Waals surface area contributed by atoms with Crippen LogP contribution in [0.3, 0.4) is 0 Å². The first-order chi connectivity index (χ1) is 9.70. The van der Waals surface area contributed by atoms with Crippen LogP contribution in [0.2, 0.25) is 0 Å². The van der Waals surface area contributed by atoms with Crippen LogP contribution in [0.4, 0.5) is 5.69 Å². The quantitative estimate of drug-likeness (QED) is 0.652. The molecule has 0 unspecified atom stereocenters. The minimum Gasteiger partial charge on any atom is -0.476 e. The molecule has 0 aliphatic heterocycles. The van der Waals surface area contributed by atoms with Gasteiger partial charge in [0.05, 0.1) is 6.61 Å². The van der Waals surface area contributed by atoms with Gasteiger partial charge in [0.1, 0.15) is 17.0 Å². The normalized spacial score (nSPS) is 10.5. The predicted octanol–water partition coefficient (Wildman–Crippen LogP) is 3.45. The highest BCUT2D eigenvalue weighted by Crippen LogP contribution is 2.31. The zero-order valence-corrected chi connectivity index (χ0v) is 12.6. The lowest BCUT2D eigenvalue weighted by Crippen LogP contribution is -2.03. The second-order valence-corrected chi connectivity index (χ2v) is 5.49. The van der Waals surface area contributed by atoms with E-state index in [9.17, 15) is 0 Å². The molecule has 0 aliphatic rings. The number of aryl methyl sites for hydroxylation is 1. The third-order valence-electron chi connectivity index (χ3n) is 2.71. The second-order valence-electron chi connectivity index (χ2n) is 4.52. The number of benzene rings is 1. The van der Waals surface area contributed by atoms with Crippen molar-refractivity contribution in [3.05, 3.63) is 41.7 Å². The minimum atomic E-state index is 0.480. The number of ether oxygens (including phenoxy) is 1. The Kier molecular flexibility index (Phi) is 5.24. The smallest absolute Gasteiger partial charge is 0.241 e. The number of thioether (sulfide) groups is 1. The molecule has 5 heteroatoms. The van der Waals surface area contributed by atoms with Crippen molar-refractivity contribution in [2.45, 2.75) is 31.0 Å². The van der Waals surface area contributed by atoms with Crippen molar-refractivity contribution in [1.29, 1.82) is 0 Å². The third-order valence-corrected chi connectivity index (χ3v) is 3.79. The van der Waals surface area contributed by atoms with Crippen LogP contribution >= 0.6 is 11.8 Å². The number of rotatable bonds is 6. The van der Waals surface area contributed by atoms with Gasteiger partial charge in [-0.3, -0.25) is 0 Å². The molecular formula is C15H19N3OS. The first-order valence-corrected chi connectivity index (χ1v) is 7.61. The molecule has 0 fully saturated rings. The number of nitrogens with zero attached hydrogens (tertiary/aromatic N) is 2. The molecule has 0 saturated heterocycles. The van der Waals surface area contributed by atoms with E-state index >= 15 is 0 Å². The maximum absolute atomic E-state index is 6.05. The Morgan fingerprint density at radius 2 is 2.15 bits per heavy atom. The second kappa shape index (κ2) is 7.14. The predicted molar refractivity (Wildman–Crippen MR) is 83.0 cm³/mol. The molecule has 0 radical (unpaired) electrons. The van der Waals surface area contributed by atoms with Gasteiger partial charge in [-0.25, -0.2) is 4.98 Å². The number of hydrogen-bond acceptors (Lipinski definition) is 5. The van der Waals surface area contributed by atoms with Crippen LogP contribution < -0.4 is 10.5 Å². The van der Waals surface area contributed by atoms with Crippen molar-refractivity contribution in [3.63, 3.8) is 0 Å². The fourth-order valence-corrected chi connectivity index (χ4v) is 2.59. The van der Waals surface area contributed by atoms with Crippen LogP contribution in [-0.2, 0) is 5.75 Å². The number of anilines is 1. The Bertz CT molecular complexity index is 575. The first-order valence-electron chi connectivity index (χ1n) is 6.62.